The number of phenolic OH excluding ortho intramolecular Hbond substituents is 1. The van der Waals surface area contributed by atoms with Crippen LogP contribution in [0.1, 0.15) is 10.7 Å². The maximum Gasteiger partial charge on any atom is 0.165 e. The van der Waals surface area contributed by atoms with Crippen LogP contribution in [0.3, 0.4) is 0 Å². The molecule has 0 saturated heterocycles. The molecule has 0 aliphatic heterocycles. The molecule has 4 rings (SSSR count). The lowest BCUT2D eigenvalue weighted by molar-refractivity contribution is 0.477. The van der Waals surface area contributed by atoms with Gasteiger partial charge < -0.3 is 10.0 Å². The third-order valence-corrected chi connectivity index (χ3v) is 5.13. The van der Waals surface area contributed by atoms with E-state index in [9.17, 15) is 9.50 Å². The summed E-state index contributed by atoms with van der Waals surface area (Å²) in [7, 11) is 1.89. The van der Waals surface area contributed by atoms with E-state index in [1.807, 2.05) is 30.3 Å². The van der Waals surface area contributed by atoms with E-state index in [0.29, 0.717) is 34.7 Å². The van der Waals surface area contributed by atoms with Crippen molar-refractivity contribution in [3.63, 3.8) is 0 Å². The van der Waals surface area contributed by atoms with Crippen LogP contribution in [0.4, 0.5) is 10.2 Å². The number of hydrogen-bond donors (Lipinski definition) is 1. The highest BCUT2D eigenvalue weighted by Crippen LogP contribution is 2.32. The summed E-state index contributed by atoms with van der Waals surface area (Å²) >= 11 is 1.57. The number of rotatable bonds is 4. The number of benzene rings is 2. The average molecular weight is 380 g/mol. The summed E-state index contributed by atoms with van der Waals surface area (Å²) in [5.41, 5.74) is 2.11. The quantitative estimate of drug-likeness (QED) is 0.563. The number of anilines is 1. The van der Waals surface area contributed by atoms with Crippen molar-refractivity contribution in [2.24, 2.45) is 0 Å². The molecular weight excluding hydrogens is 363 g/mol. The molecule has 2 heterocycles. The number of fused-ring (bicyclic) bond motifs is 1. The van der Waals surface area contributed by atoms with Crippen LogP contribution in [0.15, 0.2) is 47.8 Å². The molecule has 0 amide bonds. The molecule has 2 aromatic heterocycles. The van der Waals surface area contributed by atoms with E-state index in [2.05, 4.69) is 15.0 Å². The van der Waals surface area contributed by atoms with Crippen LogP contribution in [-0.4, -0.2) is 27.1 Å². The Hall–Kier alpha value is -3.06. The molecule has 2 aromatic carbocycles. The van der Waals surface area contributed by atoms with Crippen LogP contribution >= 0.6 is 11.3 Å². The number of aromatic hydroxyl groups is 1. The first-order valence-electron chi connectivity index (χ1n) is 8.39. The first kappa shape index (κ1) is 17.4. The third kappa shape index (κ3) is 3.46. The number of para-hydroxylation sites is 1. The van der Waals surface area contributed by atoms with E-state index >= 15 is 0 Å². The van der Waals surface area contributed by atoms with Gasteiger partial charge in [-0.2, -0.15) is 0 Å². The van der Waals surface area contributed by atoms with Crippen LogP contribution < -0.4 is 4.90 Å². The highest BCUT2D eigenvalue weighted by atomic mass is 32.1. The van der Waals surface area contributed by atoms with Crippen molar-refractivity contribution >= 4 is 28.1 Å². The van der Waals surface area contributed by atoms with Gasteiger partial charge in [0.05, 0.1) is 17.6 Å². The van der Waals surface area contributed by atoms with E-state index < -0.39 is 0 Å². The highest BCUT2D eigenvalue weighted by Gasteiger charge is 2.16. The minimum atomic E-state index is -0.346. The average Bonchev–Trinajstić information content (AvgIpc) is 3.06. The van der Waals surface area contributed by atoms with Crippen molar-refractivity contribution < 1.29 is 9.50 Å². The number of halogens is 1. The van der Waals surface area contributed by atoms with Crippen LogP contribution in [0.25, 0.3) is 22.3 Å². The van der Waals surface area contributed by atoms with E-state index in [-0.39, 0.29) is 11.6 Å². The zero-order chi connectivity index (χ0) is 19.0. The van der Waals surface area contributed by atoms with E-state index in [4.69, 9.17) is 0 Å². The van der Waals surface area contributed by atoms with Crippen molar-refractivity contribution in [3.05, 3.63) is 64.4 Å². The van der Waals surface area contributed by atoms with Gasteiger partial charge in [-0.15, -0.1) is 11.3 Å². The number of thiazole rings is 1. The molecule has 0 unspecified atom stereocenters. The molecule has 0 bridgehead atoms. The summed E-state index contributed by atoms with van der Waals surface area (Å²) in [5, 5.41) is 13.7. The molecule has 1 N–H and O–H groups in total. The smallest absolute Gasteiger partial charge is 0.165 e. The van der Waals surface area contributed by atoms with Gasteiger partial charge in [0.15, 0.2) is 5.82 Å². The van der Waals surface area contributed by atoms with E-state index in [1.165, 1.54) is 12.1 Å². The van der Waals surface area contributed by atoms with Gasteiger partial charge in [-0.3, -0.25) is 0 Å². The fourth-order valence-electron chi connectivity index (χ4n) is 2.91. The molecule has 27 heavy (non-hydrogen) atoms. The van der Waals surface area contributed by atoms with Crippen molar-refractivity contribution in [1.29, 1.82) is 0 Å². The number of hydrogen-bond acceptors (Lipinski definition) is 6. The molecule has 0 aliphatic rings. The van der Waals surface area contributed by atoms with Crippen LogP contribution in [0.5, 0.6) is 5.75 Å². The molecule has 0 atom stereocenters. The van der Waals surface area contributed by atoms with E-state index in [0.717, 1.165) is 10.7 Å². The Labute approximate surface area is 159 Å². The van der Waals surface area contributed by atoms with Crippen LogP contribution in [0.2, 0.25) is 0 Å². The molecule has 0 fully saturated rings. The maximum absolute atomic E-state index is 13.9. The Morgan fingerprint density at radius 3 is 2.67 bits per heavy atom. The topological polar surface area (TPSA) is 62.1 Å². The maximum atomic E-state index is 13.9. The summed E-state index contributed by atoms with van der Waals surface area (Å²) < 4.78 is 13.9. The van der Waals surface area contributed by atoms with Crippen molar-refractivity contribution in [2.75, 3.05) is 11.9 Å². The summed E-state index contributed by atoms with van der Waals surface area (Å²) in [4.78, 5) is 15.6. The Morgan fingerprint density at radius 1 is 1.11 bits per heavy atom. The number of aromatic nitrogens is 3. The zero-order valence-corrected chi connectivity index (χ0v) is 15.7. The van der Waals surface area contributed by atoms with Gasteiger partial charge in [0.2, 0.25) is 0 Å². The first-order chi connectivity index (χ1) is 13.0. The fraction of sp³-hybridized carbons (Fsp3) is 0.150. The monoisotopic (exact) mass is 380 g/mol. The van der Waals surface area contributed by atoms with Gasteiger partial charge >= 0.3 is 0 Å². The van der Waals surface area contributed by atoms with E-state index in [1.54, 1.807) is 35.6 Å². The van der Waals surface area contributed by atoms with Gasteiger partial charge in [-0.05, 0) is 37.3 Å². The molecule has 0 aliphatic carbocycles. The van der Waals surface area contributed by atoms with Gasteiger partial charge in [0, 0.05) is 23.5 Å². The van der Waals surface area contributed by atoms with Gasteiger partial charge in [-0.25, -0.2) is 19.3 Å². The van der Waals surface area contributed by atoms with Crippen molar-refractivity contribution in [2.45, 2.75) is 13.5 Å². The summed E-state index contributed by atoms with van der Waals surface area (Å²) in [5.74, 6) is 0.735. The minimum Gasteiger partial charge on any atom is -0.507 e. The first-order valence-corrected chi connectivity index (χ1v) is 9.27. The zero-order valence-electron chi connectivity index (χ0n) is 14.8. The Balaban J connectivity index is 1.86. The molecule has 0 radical (unpaired) electrons. The molecule has 7 heteroatoms. The normalized spacial score (nSPS) is 11.1. The second-order valence-corrected chi connectivity index (χ2v) is 7.23. The largest absolute Gasteiger partial charge is 0.507 e. The molecule has 4 aromatic rings. The number of phenols is 1. The second kappa shape index (κ2) is 6.92. The van der Waals surface area contributed by atoms with Gasteiger partial charge in [-0.1, -0.05) is 12.1 Å². The number of aryl methyl sites for hydroxylation is 1. The lowest BCUT2D eigenvalue weighted by Gasteiger charge is -2.20. The lowest BCUT2D eigenvalue weighted by Crippen LogP contribution is -2.18. The summed E-state index contributed by atoms with van der Waals surface area (Å²) in [6, 6.07) is 11.3. The molecule has 0 spiro atoms. The molecule has 136 valence electrons. The lowest BCUT2D eigenvalue weighted by atomic mass is 10.1. The van der Waals surface area contributed by atoms with Crippen molar-refractivity contribution in [1.82, 2.24) is 15.0 Å². The Morgan fingerprint density at radius 2 is 1.93 bits per heavy atom. The highest BCUT2D eigenvalue weighted by molar-refractivity contribution is 7.09. The minimum absolute atomic E-state index is 0.100. The summed E-state index contributed by atoms with van der Waals surface area (Å²) in [6.07, 6.45) is 0. The Kier molecular flexibility index (Phi) is 4.45. The molecule has 0 saturated carbocycles. The third-order valence-electron chi connectivity index (χ3n) is 4.18. The van der Waals surface area contributed by atoms with Crippen LogP contribution in [-0.2, 0) is 6.54 Å². The molecule has 5 nitrogen and oxygen atoms in total. The SMILES string of the molecule is Cc1csc(CN(C)c2nc(-c3ccccc3O)nc3ccc(F)cc23)n1. The predicted octanol–water partition coefficient (Wildman–Crippen LogP) is 4.54. The molecular formula is C20H17FN4OS. The van der Waals surface area contributed by atoms with Gasteiger partial charge in [0.25, 0.3) is 0 Å². The van der Waals surface area contributed by atoms with Gasteiger partial charge in [0.1, 0.15) is 22.4 Å². The predicted molar refractivity (Wildman–Crippen MR) is 106 cm³/mol. The second-order valence-electron chi connectivity index (χ2n) is 6.29. The fourth-order valence-corrected chi connectivity index (χ4v) is 3.74. The Bertz CT molecular complexity index is 1130. The van der Waals surface area contributed by atoms with Crippen molar-refractivity contribution in [3.8, 4) is 17.1 Å². The van der Waals surface area contributed by atoms with Crippen LogP contribution in [0, 0.1) is 12.7 Å². The summed E-state index contributed by atoms with van der Waals surface area (Å²) in [6.45, 7) is 2.49. The number of nitrogens with zero attached hydrogens (tertiary/aromatic N) is 4. The standard InChI is InChI=1S/C20H17FN4OS/c1-12-11-27-18(22-12)10-25(2)20-15-9-13(21)7-8-16(15)23-19(24-20)14-5-3-4-6-17(14)26/h3-9,11,26H,10H2,1-2H3.